The van der Waals surface area contributed by atoms with Gasteiger partial charge >= 0.3 is 0 Å². The van der Waals surface area contributed by atoms with Crippen LogP contribution >= 0.6 is 11.3 Å². The van der Waals surface area contributed by atoms with Crippen molar-refractivity contribution < 1.29 is 14.3 Å². The van der Waals surface area contributed by atoms with Crippen molar-refractivity contribution in [1.29, 1.82) is 0 Å². The molecule has 1 aliphatic rings. The second kappa shape index (κ2) is 7.06. The van der Waals surface area contributed by atoms with E-state index < -0.39 is 0 Å². The molecule has 3 rings (SSSR count). The molecule has 23 heavy (non-hydrogen) atoms. The van der Waals surface area contributed by atoms with Gasteiger partial charge in [-0.2, -0.15) is 0 Å². The zero-order valence-corrected chi connectivity index (χ0v) is 13.9. The number of methoxy groups -OCH3 is 1. The standard InChI is InChI=1S/C16H19N3O3S/c1-3-14-18-9-12(23-14)16(20)19-11-6-7-22-15(11)10-4-5-13(21-2)17-8-10/h4-5,8-9,11,15H,3,6-7H2,1-2H3,(H,19,20)/t11-,15+/m0/s1. The van der Waals surface area contributed by atoms with E-state index in [4.69, 9.17) is 9.47 Å². The van der Waals surface area contributed by atoms with E-state index in [0.29, 0.717) is 17.4 Å². The molecule has 0 saturated carbocycles. The largest absolute Gasteiger partial charge is 0.481 e. The van der Waals surface area contributed by atoms with Gasteiger partial charge in [-0.05, 0) is 18.9 Å². The molecule has 3 heterocycles. The summed E-state index contributed by atoms with van der Waals surface area (Å²) in [5.41, 5.74) is 0.937. The molecule has 2 aromatic rings. The molecule has 0 spiro atoms. The molecule has 2 aromatic heterocycles. The van der Waals surface area contributed by atoms with Gasteiger partial charge < -0.3 is 14.8 Å². The Balaban J connectivity index is 1.69. The fraction of sp³-hybridized carbons (Fsp3) is 0.438. The first kappa shape index (κ1) is 15.9. The van der Waals surface area contributed by atoms with Crippen LogP contribution < -0.4 is 10.1 Å². The normalized spacial score (nSPS) is 20.4. The summed E-state index contributed by atoms with van der Waals surface area (Å²) >= 11 is 1.43. The van der Waals surface area contributed by atoms with E-state index >= 15 is 0 Å². The van der Waals surface area contributed by atoms with E-state index in [-0.39, 0.29) is 18.1 Å². The van der Waals surface area contributed by atoms with Gasteiger partial charge in [0.2, 0.25) is 5.88 Å². The number of aromatic nitrogens is 2. The van der Waals surface area contributed by atoms with E-state index in [1.165, 1.54) is 11.3 Å². The van der Waals surface area contributed by atoms with E-state index in [0.717, 1.165) is 23.4 Å². The maximum Gasteiger partial charge on any atom is 0.263 e. The Labute approximate surface area is 138 Å². The summed E-state index contributed by atoms with van der Waals surface area (Å²) < 4.78 is 10.8. The fourth-order valence-electron chi connectivity index (χ4n) is 2.56. The number of pyridine rings is 1. The predicted octanol–water partition coefficient (Wildman–Crippen LogP) is 2.37. The van der Waals surface area contributed by atoms with E-state index in [9.17, 15) is 4.79 Å². The summed E-state index contributed by atoms with van der Waals surface area (Å²) in [4.78, 5) is 21.4. The van der Waals surface area contributed by atoms with Crippen molar-refractivity contribution in [2.45, 2.75) is 31.9 Å². The third kappa shape index (κ3) is 3.51. The molecule has 1 saturated heterocycles. The van der Waals surface area contributed by atoms with Crippen LogP contribution in [0.4, 0.5) is 0 Å². The summed E-state index contributed by atoms with van der Waals surface area (Å²) in [5, 5.41) is 4.02. The van der Waals surface area contributed by atoms with Crippen molar-refractivity contribution in [2.75, 3.05) is 13.7 Å². The number of hydrogen-bond acceptors (Lipinski definition) is 6. The molecule has 0 unspecified atom stereocenters. The molecular weight excluding hydrogens is 314 g/mol. The van der Waals surface area contributed by atoms with Crippen molar-refractivity contribution in [3.8, 4) is 5.88 Å². The number of carbonyl (C=O) groups excluding carboxylic acids is 1. The number of rotatable bonds is 5. The first-order valence-corrected chi connectivity index (χ1v) is 8.40. The van der Waals surface area contributed by atoms with Crippen LogP contribution in [0.3, 0.4) is 0 Å². The van der Waals surface area contributed by atoms with Gasteiger partial charge in [0, 0.05) is 24.4 Å². The molecule has 1 fully saturated rings. The number of hydrogen-bond donors (Lipinski definition) is 1. The van der Waals surface area contributed by atoms with Crippen LogP contribution in [0.15, 0.2) is 24.5 Å². The second-order valence-corrected chi connectivity index (χ2v) is 6.38. The van der Waals surface area contributed by atoms with Gasteiger partial charge in [0.25, 0.3) is 5.91 Å². The third-order valence-corrected chi connectivity index (χ3v) is 4.93. The summed E-state index contributed by atoms with van der Waals surface area (Å²) in [6.07, 6.45) is 4.80. The Morgan fingerprint density at radius 3 is 2.96 bits per heavy atom. The molecule has 2 atom stereocenters. The predicted molar refractivity (Wildman–Crippen MR) is 86.8 cm³/mol. The second-order valence-electron chi connectivity index (χ2n) is 5.27. The summed E-state index contributed by atoms with van der Waals surface area (Å²) in [6, 6.07) is 3.65. The molecule has 1 N–H and O–H groups in total. The average Bonchev–Trinajstić information content (AvgIpc) is 3.24. The van der Waals surface area contributed by atoms with Crippen LogP contribution in [0.5, 0.6) is 5.88 Å². The molecule has 0 aliphatic carbocycles. The summed E-state index contributed by atoms with van der Waals surface area (Å²) in [5.74, 6) is 0.466. The Morgan fingerprint density at radius 1 is 1.43 bits per heavy atom. The van der Waals surface area contributed by atoms with E-state index in [1.54, 1.807) is 25.6 Å². The fourth-order valence-corrected chi connectivity index (χ4v) is 3.33. The first-order chi connectivity index (χ1) is 11.2. The van der Waals surface area contributed by atoms with Gasteiger partial charge in [0.1, 0.15) is 11.0 Å². The van der Waals surface area contributed by atoms with E-state index in [2.05, 4.69) is 15.3 Å². The molecular formula is C16H19N3O3S. The summed E-state index contributed by atoms with van der Waals surface area (Å²) in [7, 11) is 1.58. The minimum atomic E-state index is -0.184. The lowest BCUT2D eigenvalue weighted by Gasteiger charge is -2.19. The van der Waals surface area contributed by atoms with Crippen molar-refractivity contribution in [3.05, 3.63) is 40.0 Å². The monoisotopic (exact) mass is 333 g/mol. The number of carbonyl (C=O) groups is 1. The van der Waals surface area contributed by atoms with Gasteiger partial charge in [-0.1, -0.05) is 6.92 Å². The Hall–Kier alpha value is -1.99. The first-order valence-electron chi connectivity index (χ1n) is 7.58. The van der Waals surface area contributed by atoms with Gasteiger partial charge in [0.15, 0.2) is 0 Å². The highest BCUT2D eigenvalue weighted by molar-refractivity contribution is 7.13. The third-order valence-electron chi connectivity index (χ3n) is 3.78. The smallest absolute Gasteiger partial charge is 0.263 e. The quantitative estimate of drug-likeness (QED) is 0.909. The number of amides is 1. The lowest BCUT2D eigenvalue weighted by Crippen LogP contribution is -2.36. The number of aryl methyl sites for hydroxylation is 1. The van der Waals surface area contributed by atoms with Crippen LogP contribution in [-0.4, -0.2) is 35.6 Å². The van der Waals surface area contributed by atoms with Gasteiger partial charge in [-0.3, -0.25) is 4.79 Å². The zero-order chi connectivity index (χ0) is 16.2. The van der Waals surface area contributed by atoms with Crippen LogP contribution in [0.1, 0.15) is 39.7 Å². The number of nitrogens with zero attached hydrogens (tertiary/aromatic N) is 2. The molecule has 122 valence electrons. The SMILES string of the molecule is CCc1ncc(C(=O)N[C@H]2CCO[C@@H]2c2ccc(OC)nc2)s1. The van der Waals surface area contributed by atoms with Gasteiger partial charge in [0.05, 0.1) is 24.4 Å². The molecule has 0 radical (unpaired) electrons. The maximum absolute atomic E-state index is 12.4. The average molecular weight is 333 g/mol. The Kier molecular flexibility index (Phi) is 4.88. The number of ether oxygens (including phenoxy) is 2. The minimum Gasteiger partial charge on any atom is -0.481 e. The van der Waals surface area contributed by atoms with Crippen molar-refractivity contribution in [1.82, 2.24) is 15.3 Å². The number of thiazole rings is 1. The lowest BCUT2D eigenvalue weighted by atomic mass is 10.0. The lowest BCUT2D eigenvalue weighted by molar-refractivity contribution is 0.0823. The number of nitrogens with one attached hydrogen (secondary N) is 1. The van der Waals surface area contributed by atoms with Crippen molar-refractivity contribution in [3.63, 3.8) is 0 Å². The van der Waals surface area contributed by atoms with Crippen LogP contribution in [0, 0.1) is 0 Å². The molecule has 1 amide bonds. The highest BCUT2D eigenvalue weighted by Gasteiger charge is 2.31. The Bertz CT molecular complexity index is 671. The summed E-state index contributed by atoms with van der Waals surface area (Å²) in [6.45, 7) is 2.64. The van der Waals surface area contributed by atoms with Crippen LogP contribution in [0.25, 0.3) is 0 Å². The van der Waals surface area contributed by atoms with Crippen LogP contribution in [-0.2, 0) is 11.2 Å². The van der Waals surface area contributed by atoms with Gasteiger partial charge in [-0.25, -0.2) is 9.97 Å². The van der Waals surface area contributed by atoms with Crippen molar-refractivity contribution in [2.24, 2.45) is 0 Å². The van der Waals surface area contributed by atoms with Crippen molar-refractivity contribution >= 4 is 17.2 Å². The molecule has 6 nitrogen and oxygen atoms in total. The highest BCUT2D eigenvalue weighted by atomic mass is 32.1. The topological polar surface area (TPSA) is 73.3 Å². The highest BCUT2D eigenvalue weighted by Crippen LogP contribution is 2.30. The van der Waals surface area contributed by atoms with Crippen LogP contribution in [0.2, 0.25) is 0 Å². The zero-order valence-electron chi connectivity index (χ0n) is 13.1. The minimum absolute atomic E-state index is 0.0649. The van der Waals surface area contributed by atoms with Gasteiger partial charge in [-0.15, -0.1) is 11.3 Å². The van der Waals surface area contributed by atoms with E-state index in [1.807, 2.05) is 13.0 Å². The Morgan fingerprint density at radius 2 is 2.30 bits per heavy atom. The molecule has 0 bridgehead atoms. The molecule has 0 aromatic carbocycles. The molecule has 7 heteroatoms. The maximum atomic E-state index is 12.4. The molecule has 1 aliphatic heterocycles.